The normalized spacial score (nSPS) is 17.9. The van der Waals surface area contributed by atoms with Crippen LogP contribution < -0.4 is 5.32 Å². The summed E-state index contributed by atoms with van der Waals surface area (Å²) in [6.07, 6.45) is 3.94. The third kappa shape index (κ3) is 3.63. The lowest BCUT2D eigenvalue weighted by molar-refractivity contribution is -0.0602. The standard InChI is InChI=1S/C17H25NO3/c1-16(2,17(21)8-3-4-9-17)12-18-11-13-6-5-7-14(10-13)15(19)20/h5-7,10,18,21H,3-4,8-9,11-12H2,1-2H3,(H,19,20). The molecule has 0 spiro atoms. The van der Waals surface area contributed by atoms with Crippen molar-refractivity contribution in [2.45, 2.75) is 51.7 Å². The van der Waals surface area contributed by atoms with Gasteiger partial charge in [0.1, 0.15) is 0 Å². The zero-order valence-electron chi connectivity index (χ0n) is 12.9. The van der Waals surface area contributed by atoms with Crippen LogP contribution in [0.3, 0.4) is 0 Å². The molecule has 1 aliphatic rings. The Labute approximate surface area is 126 Å². The molecule has 0 saturated heterocycles. The summed E-state index contributed by atoms with van der Waals surface area (Å²) >= 11 is 0. The van der Waals surface area contributed by atoms with Crippen LogP contribution in [0.1, 0.15) is 55.5 Å². The fourth-order valence-electron chi connectivity index (χ4n) is 3.13. The lowest BCUT2D eigenvalue weighted by Crippen LogP contribution is -2.48. The summed E-state index contributed by atoms with van der Waals surface area (Å²) in [6, 6.07) is 6.95. The molecule has 116 valence electrons. The molecule has 0 aromatic heterocycles. The summed E-state index contributed by atoms with van der Waals surface area (Å²) in [7, 11) is 0. The van der Waals surface area contributed by atoms with Gasteiger partial charge in [0.25, 0.3) is 0 Å². The molecule has 0 heterocycles. The average Bonchev–Trinajstić information content (AvgIpc) is 2.88. The molecule has 0 bridgehead atoms. The minimum atomic E-state index is -0.905. The largest absolute Gasteiger partial charge is 0.478 e. The number of benzene rings is 1. The second-order valence-corrected chi connectivity index (χ2v) is 6.73. The fourth-order valence-corrected chi connectivity index (χ4v) is 3.13. The molecule has 1 saturated carbocycles. The van der Waals surface area contributed by atoms with Crippen LogP contribution in [0.5, 0.6) is 0 Å². The van der Waals surface area contributed by atoms with Crippen LogP contribution in [0.25, 0.3) is 0 Å². The summed E-state index contributed by atoms with van der Waals surface area (Å²) < 4.78 is 0. The molecule has 0 radical (unpaired) electrons. The number of aliphatic hydroxyl groups is 1. The molecule has 1 aromatic carbocycles. The van der Waals surface area contributed by atoms with E-state index in [2.05, 4.69) is 19.2 Å². The van der Waals surface area contributed by atoms with Crippen LogP contribution >= 0.6 is 0 Å². The van der Waals surface area contributed by atoms with E-state index in [1.165, 1.54) is 0 Å². The average molecular weight is 291 g/mol. The Bertz CT molecular complexity index is 505. The number of carboxylic acid groups (broad SMARTS) is 1. The van der Waals surface area contributed by atoms with Gasteiger partial charge in [-0.15, -0.1) is 0 Å². The van der Waals surface area contributed by atoms with Crippen molar-refractivity contribution in [2.75, 3.05) is 6.54 Å². The molecular formula is C17H25NO3. The first-order valence-electron chi connectivity index (χ1n) is 7.59. The van der Waals surface area contributed by atoms with Crippen molar-refractivity contribution in [1.82, 2.24) is 5.32 Å². The fraction of sp³-hybridized carbons (Fsp3) is 0.588. The lowest BCUT2D eigenvalue weighted by Gasteiger charge is -2.40. The highest BCUT2D eigenvalue weighted by Crippen LogP contribution is 2.43. The summed E-state index contributed by atoms with van der Waals surface area (Å²) in [6.45, 7) is 5.51. The van der Waals surface area contributed by atoms with Gasteiger partial charge in [0.2, 0.25) is 0 Å². The second kappa shape index (κ2) is 6.16. The van der Waals surface area contributed by atoms with E-state index in [0.29, 0.717) is 18.7 Å². The molecule has 1 aromatic rings. The SMILES string of the molecule is CC(C)(CNCc1cccc(C(=O)O)c1)C1(O)CCCC1. The van der Waals surface area contributed by atoms with Crippen LogP contribution in [0, 0.1) is 5.41 Å². The quantitative estimate of drug-likeness (QED) is 0.754. The van der Waals surface area contributed by atoms with E-state index >= 15 is 0 Å². The van der Waals surface area contributed by atoms with Crippen molar-refractivity contribution < 1.29 is 15.0 Å². The predicted molar refractivity (Wildman–Crippen MR) is 82.3 cm³/mol. The van der Waals surface area contributed by atoms with Gasteiger partial charge in [-0.1, -0.05) is 38.8 Å². The maximum Gasteiger partial charge on any atom is 0.335 e. The molecule has 1 fully saturated rings. The van der Waals surface area contributed by atoms with Gasteiger partial charge in [0, 0.05) is 18.5 Å². The van der Waals surface area contributed by atoms with Gasteiger partial charge in [0.05, 0.1) is 11.2 Å². The van der Waals surface area contributed by atoms with E-state index in [1.807, 2.05) is 6.07 Å². The third-order valence-electron chi connectivity index (χ3n) is 4.76. The summed E-state index contributed by atoms with van der Waals surface area (Å²) in [5.74, 6) is -0.905. The zero-order chi connectivity index (χ0) is 15.5. The second-order valence-electron chi connectivity index (χ2n) is 6.73. The molecule has 0 aliphatic heterocycles. The number of carboxylic acids is 1. The molecule has 4 nitrogen and oxygen atoms in total. The Morgan fingerprint density at radius 1 is 1.33 bits per heavy atom. The molecule has 4 heteroatoms. The maximum atomic E-state index is 10.9. The predicted octanol–water partition coefficient (Wildman–Crippen LogP) is 2.81. The molecule has 0 amide bonds. The van der Waals surface area contributed by atoms with E-state index in [4.69, 9.17) is 5.11 Å². The number of rotatable bonds is 6. The van der Waals surface area contributed by atoms with Crippen molar-refractivity contribution in [2.24, 2.45) is 5.41 Å². The molecule has 21 heavy (non-hydrogen) atoms. The Balaban J connectivity index is 1.92. The molecule has 1 aliphatic carbocycles. The topological polar surface area (TPSA) is 69.6 Å². The van der Waals surface area contributed by atoms with E-state index < -0.39 is 11.6 Å². The molecule has 2 rings (SSSR count). The molecule has 0 atom stereocenters. The van der Waals surface area contributed by atoms with Gasteiger partial charge in [-0.3, -0.25) is 0 Å². The smallest absolute Gasteiger partial charge is 0.335 e. The molecule has 0 unspecified atom stereocenters. The number of aromatic carboxylic acids is 1. The lowest BCUT2D eigenvalue weighted by atomic mass is 9.73. The molecule has 3 N–H and O–H groups in total. The number of carbonyl (C=O) groups is 1. The van der Waals surface area contributed by atoms with Gasteiger partial charge in [0.15, 0.2) is 0 Å². The van der Waals surface area contributed by atoms with E-state index in [-0.39, 0.29) is 5.41 Å². The Morgan fingerprint density at radius 3 is 2.62 bits per heavy atom. The summed E-state index contributed by atoms with van der Waals surface area (Å²) in [5.41, 5.74) is 0.490. The van der Waals surface area contributed by atoms with Crippen LogP contribution in [0.2, 0.25) is 0 Å². The van der Waals surface area contributed by atoms with Crippen molar-refractivity contribution in [1.29, 1.82) is 0 Å². The van der Waals surface area contributed by atoms with Crippen LogP contribution in [-0.2, 0) is 6.54 Å². The minimum absolute atomic E-state index is 0.187. The monoisotopic (exact) mass is 291 g/mol. The Hall–Kier alpha value is -1.39. The van der Waals surface area contributed by atoms with Crippen LogP contribution in [0.4, 0.5) is 0 Å². The first-order valence-corrected chi connectivity index (χ1v) is 7.59. The first-order chi connectivity index (χ1) is 9.84. The Morgan fingerprint density at radius 2 is 2.00 bits per heavy atom. The van der Waals surface area contributed by atoms with E-state index in [0.717, 1.165) is 31.2 Å². The third-order valence-corrected chi connectivity index (χ3v) is 4.76. The van der Waals surface area contributed by atoms with Gasteiger partial charge in [-0.25, -0.2) is 4.79 Å². The molecular weight excluding hydrogens is 266 g/mol. The van der Waals surface area contributed by atoms with Crippen molar-refractivity contribution in [3.63, 3.8) is 0 Å². The van der Waals surface area contributed by atoms with E-state index in [1.54, 1.807) is 18.2 Å². The summed E-state index contributed by atoms with van der Waals surface area (Å²) in [5, 5.41) is 23.1. The summed E-state index contributed by atoms with van der Waals surface area (Å²) in [4.78, 5) is 10.9. The van der Waals surface area contributed by atoms with Crippen LogP contribution in [-0.4, -0.2) is 28.3 Å². The highest BCUT2D eigenvalue weighted by Gasteiger charge is 2.44. The van der Waals surface area contributed by atoms with Gasteiger partial charge < -0.3 is 15.5 Å². The zero-order valence-corrected chi connectivity index (χ0v) is 12.9. The van der Waals surface area contributed by atoms with Crippen LogP contribution in [0.15, 0.2) is 24.3 Å². The minimum Gasteiger partial charge on any atom is -0.478 e. The number of nitrogens with one attached hydrogen (secondary N) is 1. The number of hydrogen-bond acceptors (Lipinski definition) is 3. The van der Waals surface area contributed by atoms with Gasteiger partial charge >= 0.3 is 5.97 Å². The van der Waals surface area contributed by atoms with Crippen molar-refractivity contribution >= 4 is 5.97 Å². The number of hydrogen-bond donors (Lipinski definition) is 3. The Kier molecular flexibility index (Phi) is 4.69. The van der Waals surface area contributed by atoms with Gasteiger partial charge in [-0.05, 0) is 30.5 Å². The van der Waals surface area contributed by atoms with Crippen molar-refractivity contribution in [3.05, 3.63) is 35.4 Å². The van der Waals surface area contributed by atoms with Crippen molar-refractivity contribution in [3.8, 4) is 0 Å². The van der Waals surface area contributed by atoms with E-state index in [9.17, 15) is 9.90 Å². The highest BCUT2D eigenvalue weighted by atomic mass is 16.4. The van der Waals surface area contributed by atoms with Gasteiger partial charge in [-0.2, -0.15) is 0 Å². The first kappa shape index (κ1) is 16.0. The maximum absolute atomic E-state index is 10.9. The highest BCUT2D eigenvalue weighted by molar-refractivity contribution is 5.87.